The van der Waals surface area contributed by atoms with Crippen molar-refractivity contribution >= 4 is 32.7 Å². The van der Waals surface area contributed by atoms with Crippen LogP contribution in [-0.2, 0) is 6.54 Å². The third kappa shape index (κ3) is 3.05. The molecule has 106 valence electrons. The van der Waals surface area contributed by atoms with Gasteiger partial charge in [0.2, 0.25) is 0 Å². The molecule has 0 atom stereocenters. The molecule has 0 saturated carbocycles. The highest BCUT2D eigenvalue weighted by molar-refractivity contribution is 9.10. The minimum atomic E-state index is 0.665. The summed E-state index contributed by atoms with van der Waals surface area (Å²) in [6.45, 7) is 4.86. The third-order valence-corrected chi connectivity index (χ3v) is 4.66. The predicted octanol–water partition coefficient (Wildman–Crippen LogP) is 4.62. The molecule has 1 N–H and O–H groups in total. The SMILES string of the molecule is Cc1cc(NCc2cnc3ccccc3n2)cc(C)c1Br. The number of aromatic nitrogens is 2. The quantitative estimate of drug-likeness (QED) is 0.755. The molecule has 4 heteroatoms. The van der Waals surface area contributed by atoms with Crippen molar-refractivity contribution < 1.29 is 0 Å². The fourth-order valence-corrected chi connectivity index (χ4v) is 2.55. The number of para-hydroxylation sites is 2. The lowest BCUT2D eigenvalue weighted by atomic mass is 10.1. The van der Waals surface area contributed by atoms with Gasteiger partial charge in [-0.05, 0) is 49.2 Å². The summed E-state index contributed by atoms with van der Waals surface area (Å²) in [5, 5.41) is 3.41. The molecule has 0 aliphatic rings. The average Bonchev–Trinajstić information content (AvgIpc) is 2.50. The van der Waals surface area contributed by atoms with Gasteiger partial charge in [0.25, 0.3) is 0 Å². The summed E-state index contributed by atoms with van der Waals surface area (Å²) in [5.41, 5.74) is 6.34. The van der Waals surface area contributed by atoms with Crippen LogP contribution in [0.4, 0.5) is 5.69 Å². The first kappa shape index (κ1) is 14.0. The Hall–Kier alpha value is -1.94. The number of hydrogen-bond donors (Lipinski definition) is 1. The number of nitrogens with zero attached hydrogens (tertiary/aromatic N) is 2. The van der Waals surface area contributed by atoms with Crippen molar-refractivity contribution in [2.45, 2.75) is 20.4 Å². The van der Waals surface area contributed by atoms with E-state index in [0.717, 1.165) is 22.4 Å². The first-order valence-corrected chi connectivity index (χ1v) is 7.64. The van der Waals surface area contributed by atoms with Gasteiger partial charge < -0.3 is 5.32 Å². The van der Waals surface area contributed by atoms with E-state index >= 15 is 0 Å². The van der Waals surface area contributed by atoms with Crippen LogP contribution < -0.4 is 5.32 Å². The summed E-state index contributed by atoms with van der Waals surface area (Å²) < 4.78 is 1.17. The molecule has 0 saturated heterocycles. The van der Waals surface area contributed by atoms with Gasteiger partial charge in [-0.2, -0.15) is 0 Å². The van der Waals surface area contributed by atoms with Gasteiger partial charge in [-0.15, -0.1) is 0 Å². The molecule has 3 aromatic rings. The summed E-state index contributed by atoms with van der Waals surface area (Å²) >= 11 is 3.59. The largest absolute Gasteiger partial charge is 0.379 e. The van der Waals surface area contributed by atoms with E-state index in [1.54, 1.807) is 0 Å². The monoisotopic (exact) mass is 341 g/mol. The zero-order chi connectivity index (χ0) is 14.8. The molecule has 0 aliphatic heterocycles. The highest BCUT2D eigenvalue weighted by Crippen LogP contribution is 2.25. The Bertz CT molecular complexity index is 776. The van der Waals surface area contributed by atoms with Gasteiger partial charge >= 0.3 is 0 Å². The van der Waals surface area contributed by atoms with Gasteiger partial charge in [0, 0.05) is 10.2 Å². The van der Waals surface area contributed by atoms with Gasteiger partial charge in [0.1, 0.15) is 0 Å². The fourth-order valence-electron chi connectivity index (χ4n) is 2.32. The van der Waals surface area contributed by atoms with Crippen LogP contribution in [0.5, 0.6) is 0 Å². The van der Waals surface area contributed by atoms with E-state index in [1.807, 2.05) is 30.5 Å². The number of nitrogens with one attached hydrogen (secondary N) is 1. The normalized spacial score (nSPS) is 10.8. The Morgan fingerprint density at radius 1 is 1.05 bits per heavy atom. The lowest BCUT2D eigenvalue weighted by Crippen LogP contribution is -2.03. The third-order valence-electron chi connectivity index (χ3n) is 3.41. The smallest absolute Gasteiger partial charge is 0.0890 e. The van der Waals surface area contributed by atoms with E-state index in [1.165, 1.54) is 15.6 Å². The van der Waals surface area contributed by atoms with Crippen LogP contribution in [0, 0.1) is 13.8 Å². The van der Waals surface area contributed by atoms with Crippen LogP contribution in [0.3, 0.4) is 0 Å². The van der Waals surface area contributed by atoms with Crippen LogP contribution >= 0.6 is 15.9 Å². The molecule has 0 spiro atoms. The standard InChI is InChI=1S/C17H16BrN3/c1-11-7-13(8-12(2)17(11)18)19-9-14-10-20-15-5-3-4-6-16(15)21-14/h3-8,10,19H,9H2,1-2H3. The Morgan fingerprint density at radius 2 is 1.71 bits per heavy atom. The van der Waals surface area contributed by atoms with Gasteiger partial charge in [-0.1, -0.05) is 28.1 Å². The number of rotatable bonds is 3. The maximum absolute atomic E-state index is 4.62. The lowest BCUT2D eigenvalue weighted by Gasteiger charge is -2.10. The maximum Gasteiger partial charge on any atom is 0.0890 e. The van der Waals surface area contributed by atoms with Gasteiger partial charge in [0.15, 0.2) is 0 Å². The molecule has 2 aromatic carbocycles. The fraction of sp³-hybridized carbons (Fsp3) is 0.176. The molecule has 0 aliphatic carbocycles. The number of anilines is 1. The van der Waals surface area contributed by atoms with E-state index in [9.17, 15) is 0 Å². The zero-order valence-corrected chi connectivity index (χ0v) is 13.6. The Kier molecular flexibility index (Phi) is 3.88. The minimum Gasteiger partial charge on any atom is -0.379 e. The Labute approximate surface area is 132 Å². The molecule has 0 amide bonds. The molecule has 0 radical (unpaired) electrons. The second kappa shape index (κ2) is 5.82. The molecular weight excluding hydrogens is 326 g/mol. The van der Waals surface area contributed by atoms with E-state index in [0.29, 0.717) is 6.54 Å². The van der Waals surface area contributed by atoms with Crippen LogP contribution in [0.25, 0.3) is 11.0 Å². The minimum absolute atomic E-state index is 0.665. The van der Waals surface area contributed by atoms with E-state index in [4.69, 9.17) is 0 Å². The number of benzene rings is 2. The van der Waals surface area contributed by atoms with Crippen molar-refractivity contribution in [1.29, 1.82) is 0 Å². The first-order chi connectivity index (χ1) is 10.1. The van der Waals surface area contributed by atoms with E-state index < -0.39 is 0 Å². The highest BCUT2D eigenvalue weighted by Gasteiger charge is 2.03. The average molecular weight is 342 g/mol. The number of halogens is 1. The number of fused-ring (bicyclic) bond motifs is 1. The molecule has 21 heavy (non-hydrogen) atoms. The summed E-state index contributed by atoms with van der Waals surface area (Å²) in [6, 6.07) is 12.2. The number of aryl methyl sites for hydroxylation is 2. The second-order valence-electron chi connectivity index (χ2n) is 5.13. The summed E-state index contributed by atoms with van der Waals surface area (Å²) in [5.74, 6) is 0. The van der Waals surface area contributed by atoms with Crippen molar-refractivity contribution in [3.05, 3.63) is 63.9 Å². The van der Waals surface area contributed by atoms with E-state index in [-0.39, 0.29) is 0 Å². The van der Waals surface area contributed by atoms with Crippen LogP contribution in [0.15, 0.2) is 47.1 Å². The molecule has 1 aromatic heterocycles. The summed E-state index contributed by atoms with van der Waals surface area (Å²) in [6.07, 6.45) is 1.83. The van der Waals surface area contributed by atoms with Crippen LogP contribution in [-0.4, -0.2) is 9.97 Å². The molecular formula is C17H16BrN3. The predicted molar refractivity (Wildman–Crippen MR) is 90.5 cm³/mol. The summed E-state index contributed by atoms with van der Waals surface area (Å²) in [4.78, 5) is 9.05. The molecule has 0 unspecified atom stereocenters. The highest BCUT2D eigenvalue weighted by atomic mass is 79.9. The Balaban J connectivity index is 1.80. The second-order valence-corrected chi connectivity index (χ2v) is 5.92. The van der Waals surface area contributed by atoms with Gasteiger partial charge in [-0.25, -0.2) is 4.98 Å². The lowest BCUT2D eigenvalue weighted by molar-refractivity contribution is 1.04. The van der Waals surface area contributed by atoms with Gasteiger partial charge in [-0.3, -0.25) is 4.98 Å². The zero-order valence-electron chi connectivity index (χ0n) is 12.0. The van der Waals surface area contributed by atoms with Crippen molar-refractivity contribution in [3.63, 3.8) is 0 Å². The first-order valence-electron chi connectivity index (χ1n) is 6.85. The van der Waals surface area contributed by atoms with Crippen molar-refractivity contribution in [2.75, 3.05) is 5.32 Å². The summed E-state index contributed by atoms with van der Waals surface area (Å²) in [7, 11) is 0. The van der Waals surface area contributed by atoms with Gasteiger partial charge in [0.05, 0.1) is 29.5 Å². The molecule has 3 rings (SSSR count). The number of hydrogen-bond acceptors (Lipinski definition) is 3. The molecule has 3 nitrogen and oxygen atoms in total. The molecule has 0 bridgehead atoms. The van der Waals surface area contributed by atoms with Crippen LogP contribution in [0.2, 0.25) is 0 Å². The molecule has 0 fully saturated rings. The van der Waals surface area contributed by atoms with Crippen molar-refractivity contribution in [2.24, 2.45) is 0 Å². The molecule has 1 heterocycles. The van der Waals surface area contributed by atoms with Crippen LogP contribution in [0.1, 0.15) is 16.8 Å². The van der Waals surface area contributed by atoms with E-state index in [2.05, 4.69) is 57.2 Å². The van der Waals surface area contributed by atoms with Crippen molar-refractivity contribution in [1.82, 2.24) is 9.97 Å². The van der Waals surface area contributed by atoms with Crippen molar-refractivity contribution in [3.8, 4) is 0 Å². The topological polar surface area (TPSA) is 37.8 Å². The Morgan fingerprint density at radius 3 is 2.43 bits per heavy atom. The maximum atomic E-state index is 4.62.